The molecule has 0 aliphatic carbocycles. The van der Waals surface area contributed by atoms with Crippen molar-refractivity contribution in [1.82, 2.24) is 0 Å². The molecule has 0 spiro atoms. The van der Waals surface area contributed by atoms with Crippen molar-refractivity contribution in [2.75, 3.05) is 19.5 Å². The lowest BCUT2D eigenvalue weighted by molar-refractivity contribution is -0.237. The van der Waals surface area contributed by atoms with E-state index in [-0.39, 0.29) is 12.4 Å². The van der Waals surface area contributed by atoms with Crippen LogP contribution >= 0.6 is 11.8 Å². The van der Waals surface area contributed by atoms with Crippen LogP contribution in [-0.4, -0.2) is 85.2 Å². The highest BCUT2D eigenvalue weighted by molar-refractivity contribution is 7.99. The lowest BCUT2D eigenvalue weighted by Gasteiger charge is -2.44. The van der Waals surface area contributed by atoms with Crippen LogP contribution in [-0.2, 0) is 52.4 Å². The molecule has 1 saturated heterocycles. The van der Waals surface area contributed by atoms with Crippen LogP contribution in [0.3, 0.4) is 0 Å². The Labute approximate surface area is 183 Å². The van der Waals surface area contributed by atoms with E-state index in [0.29, 0.717) is 0 Å². The van der Waals surface area contributed by atoms with E-state index >= 15 is 0 Å². The molecule has 0 aromatic rings. The monoisotopic (exact) mass is 465 g/mol. The fourth-order valence-corrected chi connectivity index (χ4v) is 3.90. The predicted octanol–water partition coefficient (Wildman–Crippen LogP) is -0.697. The molecule has 31 heavy (non-hydrogen) atoms. The minimum atomic E-state index is -1.27. The van der Waals surface area contributed by atoms with E-state index in [4.69, 9.17) is 29.4 Å². The molecule has 1 fully saturated rings. The average molecular weight is 465 g/mol. The minimum absolute atomic E-state index is 0.000411. The first-order valence-corrected chi connectivity index (χ1v) is 10.3. The van der Waals surface area contributed by atoms with E-state index in [0.717, 1.165) is 32.5 Å². The summed E-state index contributed by atoms with van der Waals surface area (Å²) >= 11 is 0.991. The molecule has 12 nitrogen and oxygen atoms in total. The quantitative estimate of drug-likeness (QED) is 0.336. The van der Waals surface area contributed by atoms with Crippen molar-refractivity contribution < 1.29 is 52.4 Å². The van der Waals surface area contributed by atoms with Gasteiger partial charge < -0.3 is 34.2 Å². The molecular formula is C18H27NO11S. The van der Waals surface area contributed by atoms with E-state index in [1.165, 1.54) is 14.0 Å². The molecule has 13 heteroatoms. The molecule has 1 aliphatic heterocycles. The fourth-order valence-electron chi connectivity index (χ4n) is 2.74. The zero-order valence-corrected chi connectivity index (χ0v) is 18.7. The van der Waals surface area contributed by atoms with Crippen molar-refractivity contribution in [3.05, 3.63) is 0 Å². The molecular weight excluding hydrogens is 438 g/mol. The van der Waals surface area contributed by atoms with Gasteiger partial charge in [0.25, 0.3) is 0 Å². The normalized spacial score (nSPS) is 26.2. The molecule has 1 aliphatic rings. The SMILES string of the molecule is COC(=O)C(N)CSC1OC(COC(C)=O)C(OC(C)=O)C(OC(C)=O)C1OC(C)=O. The van der Waals surface area contributed by atoms with E-state index in [9.17, 15) is 24.0 Å². The highest BCUT2D eigenvalue weighted by atomic mass is 32.2. The molecule has 0 amide bonds. The largest absolute Gasteiger partial charge is 0.468 e. The van der Waals surface area contributed by atoms with Crippen LogP contribution in [0.5, 0.6) is 0 Å². The third-order valence-corrected chi connectivity index (χ3v) is 5.15. The first kappa shape index (κ1) is 26.7. The Balaban J connectivity index is 3.25. The van der Waals surface area contributed by atoms with Gasteiger partial charge in [-0.3, -0.25) is 24.0 Å². The van der Waals surface area contributed by atoms with Crippen molar-refractivity contribution in [1.29, 1.82) is 0 Å². The summed E-state index contributed by atoms with van der Waals surface area (Å²) in [4.78, 5) is 58.0. The lowest BCUT2D eigenvalue weighted by Crippen LogP contribution is -2.61. The van der Waals surface area contributed by atoms with Crippen LogP contribution in [0.1, 0.15) is 27.7 Å². The standard InChI is InChI=1S/C18H27NO11S/c1-8(20)26-6-13-14(27-9(2)21)15(28-10(3)22)16(29-11(4)23)18(30-13)31-7-12(19)17(24)25-5/h12-16,18H,6-7,19H2,1-5H3. The number of ether oxygens (including phenoxy) is 6. The number of hydrogen-bond donors (Lipinski definition) is 1. The molecule has 0 aromatic carbocycles. The van der Waals surface area contributed by atoms with Crippen molar-refractivity contribution >= 4 is 41.6 Å². The Morgan fingerprint density at radius 2 is 1.39 bits per heavy atom. The number of hydrogen-bond acceptors (Lipinski definition) is 13. The van der Waals surface area contributed by atoms with Crippen LogP contribution in [0.2, 0.25) is 0 Å². The van der Waals surface area contributed by atoms with E-state index in [1.54, 1.807) is 0 Å². The number of rotatable bonds is 9. The van der Waals surface area contributed by atoms with E-state index in [1.807, 2.05) is 0 Å². The second-order valence-electron chi connectivity index (χ2n) is 6.53. The summed E-state index contributed by atoms with van der Waals surface area (Å²) in [7, 11) is 1.18. The Morgan fingerprint density at radius 1 is 0.871 bits per heavy atom. The second kappa shape index (κ2) is 12.5. The van der Waals surface area contributed by atoms with Gasteiger partial charge in [0.2, 0.25) is 0 Å². The topological polar surface area (TPSA) is 167 Å². The Hall–Kier alpha value is -2.38. The van der Waals surface area contributed by atoms with Gasteiger partial charge in [-0.15, -0.1) is 11.8 Å². The van der Waals surface area contributed by atoms with Gasteiger partial charge in [0.15, 0.2) is 18.3 Å². The van der Waals surface area contributed by atoms with Crippen LogP contribution < -0.4 is 5.73 Å². The Bertz CT molecular complexity index is 685. The molecule has 1 rings (SSSR count). The summed E-state index contributed by atoms with van der Waals surface area (Å²) in [6.45, 7) is 4.24. The van der Waals surface area contributed by atoms with Gasteiger partial charge >= 0.3 is 29.8 Å². The number of carbonyl (C=O) groups is 5. The maximum absolute atomic E-state index is 11.7. The summed E-state index contributed by atoms with van der Waals surface area (Å²) in [6, 6.07) is -1.01. The zero-order chi connectivity index (χ0) is 23.7. The van der Waals surface area contributed by atoms with Crippen molar-refractivity contribution in [3.63, 3.8) is 0 Å². The summed E-state index contributed by atoms with van der Waals surface area (Å²) in [5.41, 5.74) is 4.75. The molecule has 0 aromatic heterocycles. The summed E-state index contributed by atoms with van der Waals surface area (Å²) in [6.07, 6.45) is -4.78. The molecule has 6 unspecified atom stereocenters. The molecule has 1 heterocycles. The maximum Gasteiger partial charge on any atom is 0.323 e. The maximum atomic E-state index is 11.7. The molecule has 176 valence electrons. The molecule has 6 atom stereocenters. The van der Waals surface area contributed by atoms with Gasteiger partial charge in [0.05, 0.1) is 7.11 Å². The van der Waals surface area contributed by atoms with Gasteiger partial charge in [-0.1, -0.05) is 0 Å². The smallest absolute Gasteiger partial charge is 0.323 e. The first-order chi connectivity index (χ1) is 14.5. The van der Waals surface area contributed by atoms with Gasteiger partial charge in [0.1, 0.15) is 24.2 Å². The van der Waals surface area contributed by atoms with Crippen LogP contribution in [0.15, 0.2) is 0 Å². The van der Waals surface area contributed by atoms with E-state index < -0.39 is 65.7 Å². The Morgan fingerprint density at radius 3 is 1.87 bits per heavy atom. The lowest BCUT2D eigenvalue weighted by atomic mass is 9.99. The summed E-state index contributed by atoms with van der Waals surface area (Å²) in [5, 5.41) is 0. The number of esters is 5. The first-order valence-electron chi connectivity index (χ1n) is 9.21. The van der Waals surface area contributed by atoms with Gasteiger partial charge in [0, 0.05) is 33.4 Å². The fraction of sp³-hybridized carbons (Fsp3) is 0.722. The van der Waals surface area contributed by atoms with Crippen molar-refractivity contribution in [2.24, 2.45) is 5.73 Å². The average Bonchev–Trinajstić information content (AvgIpc) is 2.66. The number of nitrogens with two attached hydrogens (primary N) is 1. The molecule has 0 bridgehead atoms. The van der Waals surface area contributed by atoms with Crippen LogP contribution in [0.25, 0.3) is 0 Å². The minimum Gasteiger partial charge on any atom is -0.468 e. The number of methoxy groups -OCH3 is 1. The predicted molar refractivity (Wildman–Crippen MR) is 104 cm³/mol. The number of thioether (sulfide) groups is 1. The molecule has 2 N–H and O–H groups in total. The third kappa shape index (κ3) is 8.71. The van der Waals surface area contributed by atoms with Crippen LogP contribution in [0, 0.1) is 0 Å². The van der Waals surface area contributed by atoms with Gasteiger partial charge in [-0.2, -0.15) is 0 Å². The van der Waals surface area contributed by atoms with E-state index in [2.05, 4.69) is 4.74 Å². The highest BCUT2D eigenvalue weighted by Crippen LogP contribution is 2.34. The van der Waals surface area contributed by atoms with Crippen LogP contribution in [0.4, 0.5) is 0 Å². The summed E-state index contributed by atoms with van der Waals surface area (Å²) < 4.78 is 31.3. The van der Waals surface area contributed by atoms with Gasteiger partial charge in [-0.05, 0) is 0 Å². The van der Waals surface area contributed by atoms with Crippen molar-refractivity contribution in [2.45, 2.75) is 63.6 Å². The third-order valence-electron chi connectivity index (χ3n) is 3.89. The molecule has 0 radical (unpaired) electrons. The number of carbonyl (C=O) groups excluding carboxylic acids is 5. The zero-order valence-electron chi connectivity index (χ0n) is 17.9. The Kier molecular flexibility index (Phi) is 10.7. The van der Waals surface area contributed by atoms with Gasteiger partial charge in [-0.25, -0.2) is 0 Å². The summed E-state index contributed by atoms with van der Waals surface area (Å²) in [5.74, 6) is -3.46. The second-order valence-corrected chi connectivity index (χ2v) is 7.66. The van der Waals surface area contributed by atoms with Crippen molar-refractivity contribution in [3.8, 4) is 0 Å². The highest BCUT2D eigenvalue weighted by Gasteiger charge is 2.52. The molecule has 0 saturated carbocycles.